The third-order valence-electron chi connectivity index (χ3n) is 1.92. The Morgan fingerprint density at radius 2 is 2.06 bits per heavy atom. The molecular weight excluding hydrogens is 286 g/mol. The predicted molar refractivity (Wildman–Crippen MR) is 68.2 cm³/mol. The molecule has 0 bridgehead atoms. The van der Waals surface area contributed by atoms with Crippen molar-refractivity contribution in [3.05, 3.63) is 5.01 Å². The number of hydrogen-bond donors (Lipinski definition) is 2. The van der Waals surface area contributed by atoms with Gasteiger partial charge in [-0.1, -0.05) is 25.2 Å². The molecule has 9 heteroatoms. The highest BCUT2D eigenvalue weighted by Gasteiger charge is 2.19. The fourth-order valence-corrected chi connectivity index (χ4v) is 1.79. The number of carbonyl (C=O) groups excluding carboxylic acids is 1. The van der Waals surface area contributed by atoms with E-state index in [2.05, 4.69) is 15.5 Å². The molecule has 0 fully saturated rings. The van der Waals surface area contributed by atoms with Gasteiger partial charge in [-0.2, -0.15) is 0 Å². The summed E-state index contributed by atoms with van der Waals surface area (Å²) in [6.07, 6.45) is -2.16. The number of carbonyl (C=O) groups is 1. The third-order valence-corrected chi connectivity index (χ3v) is 2.77. The normalized spacial score (nSPS) is 12.4. The lowest BCUT2D eigenvalue weighted by Gasteiger charge is -2.12. The zero-order valence-corrected chi connectivity index (χ0v) is 11.5. The number of anilines is 1. The Bertz CT molecular complexity index is 388. The Hall–Kier alpha value is -0.860. The average Bonchev–Trinajstić information content (AvgIpc) is 2.65. The summed E-state index contributed by atoms with van der Waals surface area (Å²) >= 11 is 0.646. The number of nitrogens with zero attached hydrogens (tertiary/aromatic N) is 2. The summed E-state index contributed by atoms with van der Waals surface area (Å²) in [6, 6.07) is -0.672. The van der Waals surface area contributed by atoms with Crippen molar-refractivity contribution in [3.8, 4) is 0 Å². The van der Waals surface area contributed by atoms with Crippen LogP contribution in [-0.2, 0) is 4.79 Å². The summed E-state index contributed by atoms with van der Waals surface area (Å²) in [7, 11) is 0. The van der Waals surface area contributed by atoms with Crippen LogP contribution in [0, 0.1) is 5.92 Å². The van der Waals surface area contributed by atoms with Gasteiger partial charge < -0.3 is 5.73 Å². The fraction of sp³-hybridized carbons (Fsp3) is 0.667. The van der Waals surface area contributed by atoms with Crippen LogP contribution in [0.4, 0.5) is 13.9 Å². The molecule has 0 unspecified atom stereocenters. The summed E-state index contributed by atoms with van der Waals surface area (Å²) < 4.78 is 24.4. The van der Waals surface area contributed by atoms with Crippen LogP contribution in [-0.4, -0.2) is 22.1 Å². The lowest BCUT2D eigenvalue weighted by Crippen LogP contribution is -2.36. The molecule has 0 aliphatic carbocycles. The van der Waals surface area contributed by atoms with Gasteiger partial charge in [-0.3, -0.25) is 10.1 Å². The monoisotopic (exact) mass is 300 g/mol. The maximum absolute atomic E-state index is 12.2. The number of nitrogens with two attached hydrogens (primary N) is 1. The van der Waals surface area contributed by atoms with E-state index in [1.807, 2.05) is 13.8 Å². The highest BCUT2D eigenvalue weighted by Crippen LogP contribution is 2.25. The Morgan fingerprint density at radius 1 is 1.44 bits per heavy atom. The maximum atomic E-state index is 12.2. The zero-order valence-electron chi connectivity index (χ0n) is 9.89. The van der Waals surface area contributed by atoms with Crippen LogP contribution in [0.5, 0.6) is 0 Å². The molecule has 104 valence electrons. The molecule has 0 aliphatic rings. The van der Waals surface area contributed by atoms with Crippen molar-refractivity contribution in [1.82, 2.24) is 10.2 Å². The van der Waals surface area contributed by atoms with Crippen LogP contribution in [0.1, 0.15) is 31.7 Å². The first-order valence-electron chi connectivity index (χ1n) is 5.08. The van der Waals surface area contributed by atoms with Gasteiger partial charge in [-0.15, -0.1) is 22.6 Å². The molecule has 0 saturated carbocycles. The van der Waals surface area contributed by atoms with Crippen molar-refractivity contribution in [1.29, 1.82) is 0 Å². The Labute approximate surface area is 114 Å². The molecule has 1 heterocycles. The summed E-state index contributed by atoms with van der Waals surface area (Å²) in [6.45, 7) is 3.87. The first-order valence-corrected chi connectivity index (χ1v) is 5.89. The number of nitrogens with one attached hydrogen (secondary N) is 1. The second kappa shape index (κ2) is 7.55. The van der Waals surface area contributed by atoms with Crippen molar-refractivity contribution >= 4 is 34.8 Å². The zero-order chi connectivity index (χ0) is 13.0. The third kappa shape index (κ3) is 5.19. The van der Waals surface area contributed by atoms with Gasteiger partial charge in [0, 0.05) is 0 Å². The Balaban J connectivity index is 0.00000289. The minimum Gasteiger partial charge on any atom is -0.320 e. The van der Waals surface area contributed by atoms with Gasteiger partial charge >= 0.3 is 0 Å². The molecule has 5 nitrogen and oxygen atoms in total. The van der Waals surface area contributed by atoms with Gasteiger partial charge in [-0.25, -0.2) is 8.78 Å². The first-order chi connectivity index (χ1) is 7.90. The quantitative estimate of drug-likeness (QED) is 0.873. The van der Waals surface area contributed by atoms with Gasteiger partial charge in [0.2, 0.25) is 11.0 Å². The number of alkyl halides is 2. The minimum atomic E-state index is -2.68. The first kappa shape index (κ1) is 17.1. The SMILES string of the molecule is CC(C)C[C@H](N)C(=O)Nc1nnc(C(F)F)s1.Cl. The van der Waals surface area contributed by atoms with E-state index in [1.54, 1.807) is 0 Å². The number of aromatic nitrogens is 2. The van der Waals surface area contributed by atoms with Crippen LogP contribution in [0.15, 0.2) is 0 Å². The summed E-state index contributed by atoms with van der Waals surface area (Å²) in [4.78, 5) is 11.5. The van der Waals surface area contributed by atoms with Crippen molar-refractivity contribution in [2.24, 2.45) is 11.7 Å². The second-order valence-electron chi connectivity index (χ2n) is 3.97. The Morgan fingerprint density at radius 3 is 2.50 bits per heavy atom. The van der Waals surface area contributed by atoms with E-state index >= 15 is 0 Å². The molecule has 1 rings (SSSR count). The minimum absolute atomic E-state index is 0. The Kier molecular flexibility index (Phi) is 7.19. The van der Waals surface area contributed by atoms with E-state index in [-0.39, 0.29) is 23.5 Å². The van der Waals surface area contributed by atoms with E-state index in [4.69, 9.17) is 5.73 Å². The van der Waals surface area contributed by atoms with Gasteiger partial charge in [0.1, 0.15) is 0 Å². The van der Waals surface area contributed by atoms with Gasteiger partial charge in [0.05, 0.1) is 6.04 Å². The lowest BCUT2D eigenvalue weighted by atomic mass is 10.0. The molecule has 18 heavy (non-hydrogen) atoms. The van der Waals surface area contributed by atoms with Crippen LogP contribution >= 0.6 is 23.7 Å². The van der Waals surface area contributed by atoms with E-state index < -0.39 is 23.4 Å². The van der Waals surface area contributed by atoms with Gasteiger partial charge in [0.15, 0.2) is 5.01 Å². The van der Waals surface area contributed by atoms with E-state index in [0.717, 1.165) is 0 Å². The predicted octanol–water partition coefficient (Wildman–Crippen LogP) is 2.21. The molecule has 3 N–H and O–H groups in total. The summed E-state index contributed by atoms with van der Waals surface area (Å²) in [5.41, 5.74) is 5.63. The smallest absolute Gasteiger partial charge is 0.291 e. The summed E-state index contributed by atoms with van der Waals surface area (Å²) in [5, 5.41) is 8.69. The number of amides is 1. The second-order valence-corrected chi connectivity index (χ2v) is 4.98. The fourth-order valence-electron chi connectivity index (χ4n) is 1.19. The van der Waals surface area contributed by atoms with Crippen LogP contribution < -0.4 is 11.1 Å². The van der Waals surface area contributed by atoms with Crippen molar-refractivity contribution in [2.75, 3.05) is 5.32 Å². The topological polar surface area (TPSA) is 80.9 Å². The molecule has 0 aliphatic heterocycles. The highest BCUT2D eigenvalue weighted by atomic mass is 35.5. The molecule has 0 aromatic carbocycles. The number of rotatable bonds is 5. The van der Waals surface area contributed by atoms with Crippen LogP contribution in [0.3, 0.4) is 0 Å². The molecule has 1 atom stereocenters. The van der Waals surface area contributed by atoms with Gasteiger partial charge in [-0.05, 0) is 12.3 Å². The van der Waals surface area contributed by atoms with Gasteiger partial charge in [0.25, 0.3) is 6.43 Å². The molecule has 0 radical (unpaired) electrons. The summed E-state index contributed by atoms with van der Waals surface area (Å²) in [5.74, 6) is -0.155. The molecule has 1 amide bonds. The van der Waals surface area contributed by atoms with E-state index in [1.165, 1.54) is 0 Å². The average molecular weight is 301 g/mol. The number of hydrogen-bond acceptors (Lipinski definition) is 5. The van der Waals surface area contributed by atoms with E-state index in [9.17, 15) is 13.6 Å². The largest absolute Gasteiger partial charge is 0.320 e. The van der Waals surface area contributed by atoms with Crippen LogP contribution in [0.2, 0.25) is 0 Å². The molecule has 1 aromatic heterocycles. The lowest BCUT2D eigenvalue weighted by molar-refractivity contribution is -0.117. The number of halogens is 3. The maximum Gasteiger partial charge on any atom is 0.291 e. The highest BCUT2D eigenvalue weighted by molar-refractivity contribution is 7.15. The van der Waals surface area contributed by atoms with Crippen molar-refractivity contribution < 1.29 is 13.6 Å². The van der Waals surface area contributed by atoms with Crippen LogP contribution in [0.25, 0.3) is 0 Å². The molecule has 1 aromatic rings. The molecule has 0 saturated heterocycles. The van der Waals surface area contributed by atoms with Crippen molar-refractivity contribution in [2.45, 2.75) is 32.7 Å². The standard InChI is InChI=1S/C9H14F2N4OS.ClH/c1-4(2)3-5(12)7(16)13-9-15-14-8(17-9)6(10)11;/h4-6H,3,12H2,1-2H3,(H,13,15,16);1H/t5-;/m0./s1. The van der Waals surface area contributed by atoms with Crippen molar-refractivity contribution in [3.63, 3.8) is 0 Å². The molecular formula is C9H15ClF2N4OS. The van der Waals surface area contributed by atoms with E-state index in [0.29, 0.717) is 17.8 Å². The molecule has 0 spiro atoms.